The van der Waals surface area contributed by atoms with Crippen LogP contribution in [0.5, 0.6) is 0 Å². The summed E-state index contributed by atoms with van der Waals surface area (Å²) in [5, 5.41) is 4.92. The Balaban J connectivity index is 1.63. The molecule has 2 aromatic heterocycles. The van der Waals surface area contributed by atoms with Gasteiger partial charge in [-0.1, -0.05) is 36.4 Å². The first-order valence-corrected chi connectivity index (χ1v) is 15.4. The second kappa shape index (κ2) is 11.6. The monoisotopic (exact) mass is 588 g/mol. The summed E-state index contributed by atoms with van der Waals surface area (Å²) in [6.07, 6.45) is 5.04. The minimum absolute atomic E-state index is 0.519. The van der Waals surface area contributed by atoms with Crippen LogP contribution in [0.2, 0.25) is 0 Å². The molecule has 0 radical (unpaired) electrons. The van der Waals surface area contributed by atoms with Gasteiger partial charge >= 0.3 is 11.7 Å². The molecule has 5 aromatic rings. The average Bonchev–Trinajstić information content (AvgIpc) is 3.40. The molecule has 210 valence electrons. The van der Waals surface area contributed by atoms with Crippen molar-refractivity contribution in [2.45, 2.75) is 30.4 Å². The van der Waals surface area contributed by atoms with E-state index in [1.165, 1.54) is 13.4 Å². The van der Waals surface area contributed by atoms with Crippen LogP contribution in [0.3, 0.4) is 0 Å². The van der Waals surface area contributed by atoms with Crippen molar-refractivity contribution in [2.75, 3.05) is 13.4 Å². The quantitative estimate of drug-likeness (QED) is 0.0835. The number of pyridine rings is 1. The molecule has 5 rings (SSSR count). The van der Waals surface area contributed by atoms with Gasteiger partial charge in [0.15, 0.2) is 15.0 Å². The van der Waals surface area contributed by atoms with E-state index in [0.29, 0.717) is 17.3 Å². The maximum atomic E-state index is 12.7. The van der Waals surface area contributed by atoms with Crippen molar-refractivity contribution in [3.63, 3.8) is 0 Å². The summed E-state index contributed by atoms with van der Waals surface area (Å²) in [5.41, 5.74) is 5.91. The second-order valence-electron chi connectivity index (χ2n) is 10.1. The summed E-state index contributed by atoms with van der Waals surface area (Å²) in [5.74, 6) is 1.17. The molecule has 1 N–H and O–H groups in total. The lowest BCUT2D eigenvalue weighted by molar-refractivity contribution is -0.397. The molecule has 0 fully saturated rings. The first-order chi connectivity index (χ1) is 19.6. The van der Waals surface area contributed by atoms with Crippen LogP contribution in [0.25, 0.3) is 33.7 Å². The Morgan fingerprint density at radius 1 is 1.05 bits per heavy atom. The Morgan fingerprint density at radius 3 is 2.51 bits per heavy atom. The molecule has 0 unspecified atom stereocenters. The highest BCUT2D eigenvalue weighted by molar-refractivity contribution is 7.94. The Hall–Kier alpha value is -3.83. The number of benzene rings is 3. The standard InChI is InChI=1S/C31H29N3O5S2/c1-20-33-30(38-34-20)28(22-11-13-26(14-12-22)40-39-37-4)17-21-8-6-9-23(16-21)27-19-25(31(2,3)41(5,35)36)18-24-10-7-15-32-29(24)27/h6-19H,1-5H3/p+1/b28-17+. The molecule has 0 atom stereocenters. The number of nitrogens with zero attached hydrogens (tertiary/aromatic N) is 2. The number of hydrogen-bond acceptors (Lipinski definition) is 8. The average molecular weight is 589 g/mol. The minimum atomic E-state index is -3.38. The summed E-state index contributed by atoms with van der Waals surface area (Å²) in [4.78, 5) is 13.4. The van der Waals surface area contributed by atoms with E-state index in [9.17, 15) is 8.42 Å². The third-order valence-electron chi connectivity index (χ3n) is 7.01. The predicted molar refractivity (Wildman–Crippen MR) is 160 cm³/mol. The molecule has 3 aromatic carbocycles. The molecule has 8 nitrogen and oxygen atoms in total. The van der Waals surface area contributed by atoms with Gasteiger partial charge in [-0.2, -0.15) is 4.33 Å². The van der Waals surface area contributed by atoms with E-state index >= 15 is 0 Å². The van der Waals surface area contributed by atoms with Gasteiger partial charge in [-0.15, -0.1) is 0 Å². The van der Waals surface area contributed by atoms with Crippen molar-refractivity contribution in [3.8, 4) is 11.1 Å². The smallest absolute Gasteiger partial charge is 0.256 e. The van der Waals surface area contributed by atoms with Crippen molar-refractivity contribution >= 4 is 44.4 Å². The van der Waals surface area contributed by atoms with E-state index in [4.69, 9.17) is 8.86 Å². The van der Waals surface area contributed by atoms with Crippen LogP contribution >= 0.6 is 12.0 Å². The molecule has 0 amide bonds. The van der Waals surface area contributed by atoms with Crippen LogP contribution in [-0.4, -0.2) is 31.9 Å². The summed E-state index contributed by atoms with van der Waals surface area (Å²) in [6, 6.07) is 23.5. The van der Waals surface area contributed by atoms with E-state index in [1.54, 1.807) is 20.0 Å². The van der Waals surface area contributed by atoms with Gasteiger partial charge in [0, 0.05) is 35.2 Å². The number of fused-ring (bicyclic) bond motifs is 1. The first kappa shape index (κ1) is 28.7. The Morgan fingerprint density at radius 2 is 1.83 bits per heavy atom. The predicted octanol–water partition coefficient (Wildman–Crippen LogP) is 6.47. The molecule has 0 aliphatic heterocycles. The van der Waals surface area contributed by atoms with Crippen LogP contribution in [-0.2, 0) is 23.8 Å². The van der Waals surface area contributed by atoms with Crippen molar-refractivity contribution in [1.29, 1.82) is 0 Å². The van der Waals surface area contributed by atoms with Crippen molar-refractivity contribution in [2.24, 2.45) is 0 Å². The SMILES string of the molecule is COOSc1ccc(/C(=C\c2cccc(-c3cc(C(C)(C)S(C)(=O)=O)cc4cccnc34)c2)c2[nH+]c(C)no2)cc1. The molecule has 0 saturated heterocycles. The maximum absolute atomic E-state index is 12.7. The van der Waals surface area contributed by atoms with Gasteiger partial charge < -0.3 is 0 Å². The highest BCUT2D eigenvalue weighted by Gasteiger charge is 2.33. The van der Waals surface area contributed by atoms with Gasteiger partial charge in [0.25, 0.3) is 0 Å². The lowest BCUT2D eigenvalue weighted by Crippen LogP contribution is -2.28. The molecule has 2 heterocycles. The van der Waals surface area contributed by atoms with Crippen LogP contribution in [0.1, 0.15) is 42.3 Å². The van der Waals surface area contributed by atoms with Crippen molar-refractivity contribution < 1.29 is 27.1 Å². The first-order valence-electron chi connectivity index (χ1n) is 12.8. The van der Waals surface area contributed by atoms with Gasteiger partial charge in [0.05, 0.1) is 35.0 Å². The number of aryl methyl sites for hydroxylation is 1. The van der Waals surface area contributed by atoms with E-state index in [-0.39, 0.29) is 0 Å². The second-order valence-corrected chi connectivity index (χ2v) is 13.5. The van der Waals surface area contributed by atoms with Gasteiger partial charge in [-0.05, 0) is 78.6 Å². The van der Waals surface area contributed by atoms with Crippen LogP contribution in [0.4, 0.5) is 0 Å². The van der Waals surface area contributed by atoms with Crippen LogP contribution in [0, 0.1) is 6.92 Å². The zero-order valence-electron chi connectivity index (χ0n) is 23.3. The van der Waals surface area contributed by atoms with Crippen molar-refractivity contribution in [1.82, 2.24) is 10.1 Å². The number of aromatic amines is 1. The third kappa shape index (κ3) is 6.11. The summed E-state index contributed by atoms with van der Waals surface area (Å²) in [7, 11) is -1.92. The molecule has 41 heavy (non-hydrogen) atoms. The molecule has 0 aliphatic rings. The zero-order chi connectivity index (χ0) is 29.2. The van der Waals surface area contributed by atoms with Crippen LogP contribution in [0.15, 0.2) is 88.4 Å². The van der Waals surface area contributed by atoms with E-state index in [0.717, 1.165) is 55.7 Å². The summed E-state index contributed by atoms with van der Waals surface area (Å²) < 4.78 is 34.9. The molecule has 0 spiro atoms. The van der Waals surface area contributed by atoms with Gasteiger partial charge in [0.2, 0.25) is 0 Å². The molecule has 0 saturated carbocycles. The number of sulfone groups is 1. The molecular formula is C31H30N3O5S2+. The minimum Gasteiger partial charge on any atom is -0.256 e. The Kier molecular flexibility index (Phi) is 8.10. The lowest BCUT2D eigenvalue weighted by Gasteiger charge is -2.24. The number of aromatic nitrogens is 3. The molecular weight excluding hydrogens is 558 g/mol. The number of nitrogens with one attached hydrogen (secondary N) is 1. The van der Waals surface area contributed by atoms with E-state index < -0.39 is 14.6 Å². The third-order valence-corrected chi connectivity index (χ3v) is 9.77. The highest BCUT2D eigenvalue weighted by Crippen LogP contribution is 2.37. The molecule has 0 bridgehead atoms. The zero-order valence-corrected chi connectivity index (χ0v) is 25.0. The van der Waals surface area contributed by atoms with Gasteiger partial charge in [-0.3, -0.25) is 4.98 Å². The van der Waals surface area contributed by atoms with Gasteiger partial charge in [-0.25, -0.2) is 22.8 Å². The van der Waals surface area contributed by atoms with E-state index in [2.05, 4.69) is 26.1 Å². The number of hydrogen-bond donors (Lipinski definition) is 0. The summed E-state index contributed by atoms with van der Waals surface area (Å²) in [6.45, 7) is 5.29. The fraction of sp³-hybridized carbons (Fsp3) is 0.194. The normalized spacial score (nSPS) is 12.7. The van der Waals surface area contributed by atoms with Gasteiger partial charge in [0.1, 0.15) is 0 Å². The van der Waals surface area contributed by atoms with Crippen molar-refractivity contribution in [3.05, 3.63) is 107 Å². The van der Waals surface area contributed by atoms with Crippen LogP contribution < -0.4 is 4.98 Å². The Labute approximate surface area is 243 Å². The van der Waals surface area contributed by atoms with E-state index in [1.807, 2.05) is 79.7 Å². The lowest BCUT2D eigenvalue weighted by atomic mass is 9.92. The summed E-state index contributed by atoms with van der Waals surface area (Å²) >= 11 is 1.12. The maximum Gasteiger partial charge on any atom is 0.346 e. The Bertz CT molecular complexity index is 1850. The fourth-order valence-corrected chi connectivity index (χ4v) is 5.36. The molecule has 10 heteroatoms. The topological polar surface area (TPSA) is 106 Å². The molecule has 0 aliphatic carbocycles. The number of rotatable bonds is 9. The highest BCUT2D eigenvalue weighted by atomic mass is 32.2. The fourth-order valence-electron chi connectivity index (χ4n) is 4.42. The number of H-pyrrole nitrogens is 1. The largest absolute Gasteiger partial charge is 0.346 e.